The SMILES string of the molecule is CCc1nc(N2CCCC(C)(C)C2)sc1CNCC(C)C. The summed E-state index contributed by atoms with van der Waals surface area (Å²) in [5.41, 5.74) is 1.71. The summed E-state index contributed by atoms with van der Waals surface area (Å²) in [6, 6.07) is 0. The van der Waals surface area contributed by atoms with Crippen molar-refractivity contribution in [1.82, 2.24) is 10.3 Å². The largest absolute Gasteiger partial charge is 0.348 e. The number of rotatable bonds is 6. The second-order valence-electron chi connectivity index (χ2n) is 7.43. The third-order valence-corrected chi connectivity index (χ3v) is 5.27. The molecule has 0 atom stereocenters. The first-order chi connectivity index (χ1) is 9.91. The van der Waals surface area contributed by atoms with E-state index < -0.39 is 0 Å². The summed E-state index contributed by atoms with van der Waals surface area (Å²) in [5, 5.41) is 4.80. The van der Waals surface area contributed by atoms with Crippen LogP contribution in [0.3, 0.4) is 0 Å². The van der Waals surface area contributed by atoms with Gasteiger partial charge >= 0.3 is 0 Å². The Morgan fingerprint density at radius 2 is 2.14 bits per heavy atom. The van der Waals surface area contributed by atoms with Crippen molar-refractivity contribution in [2.45, 2.75) is 60.4 Å². The summed E-state index contributed by atoms with van der Waals surface area (Å²) in [4.78, 5) is 8.85. The normalized spacial score (nSPS) is 18.5. The molecular formula is C17H31N3S. The molecule has 2 rings (SSSR count). The Balaban J connectivity index is 2.05. The Morgan fingerprint density at radius 1 is 1.38 bits per heavy atom. The quantitative estimate of drug-likeness (QED) is 0.858. The molecule has 1 N–H and O–H groups in total. The van der Waals surface area contributed by atoms with Gasteiger partial charge < -0.3 is 10.2 Å². The van der Waals surface area contributed by atoms with Crippen LogP contribution in [0.4, 0.5) is 5.13 Å². The van der Waals surface area contributed by atoms with Crippen LogP contribution in [-0.2, 0) is 13.0 Å². The Kier molecular flexibility index (Phi) is 5.67. The molecule has 1 aliphatic heterocycles. The maximum absolute atomic E-state index is 4.92. The maximum atomic E-state index is 4.92. The lowest BCUT2D eigenvalue weighted by Crippen LogP contribution is -2.40. The molecule has 0 amide bonds. The minimum atomic E-state index is 0.423. The second-order valence-corrected chi connectivity index (χ2v) is 8.50. The number of aromatic nitrogens is 1. The summed E-state index contributed by atoms with van der Waals surface area (Å²) in [7, 11) is 0. The minimum absolute atomic E-state index is 0.423. The van der Waals surface area contributed by atoms with Gasteiger partial charge in [0.15, 0.2) is 5.13 Å². The van der Waals surface area contributed by atoms with Crippen LogP contribution in [0.5, 0.6) is 0 Å². The number of nitrogens with zero attached hydrogens (tertiary/aromatic N) is 2. The molecule has 0 unspecified atom stereocenters. The Labute approximate surface area is 134 Å². The Morgan fingerprint density at radius 3 is 2.76 bits per heavy atom. The fourth-order valence-corrected chi connectivity index (χ4v) is 4.12. The summed E-state index contributed by atoms with van der Waals surface area (Å²) in [6.45, 7) is 15.8. The molecule has 1 saturated heterocycles. The monoisotopic (exact) mass is 309 g/mol. The highest BCUT2D eigenvalue weighted by Gasteiger charge is 2.28. The van der Waals surface area contributed by atoms with Crippen molar-refractivity contribution in [2.24, 2.45) is 11.3 Å². The lowest BCUT2D eigenvalue weighted by Gasteiger charge is -2.37. The van der Waals surface area contributed by atoms with E-state index in [0.717, 1.165) is 26.1 Å². The average molecular weight is 310 g/mol. The van der Waals surface area contributed by atoms with Crippen LogP contribution in [0.15, 0.2) is 0 Å². The van der Waals surface area contributed by atoms with Gasteiger partial charge in [-0.2, -0.15) is 0 Å². The highest BCUT2D eigenvalue weighted by Crippen LogP contribution is 2.34. The third-order valence-electron chi connectivity index (χ3n) is 4.11. The van der Waals surface area contributed by atoms with Crippen molar-refractivity contribution in [2.75, 3.05) is 24.5 Å². The van der Waals surface area contributed by atoms with Crippen LogP contribution in [0, 0.1) is 11.3 Å². The van der Waals surface area contributed by atoms with Crippen molar-refractivity contribution in [3.05, 3.63) is 10.6 Å². The lowest BCUT2D eigenvalue weighted by molar-refractivity contribution is 0.293. The van der Waals surface area contributed by atoms with Crippen LogP contribution in [0.25, 0.3) is 0 Å². The number of nitrogens with one attached hydrogen (secondary N) is 1. The van der Waals surface area contributed by atoms with Gasteiger partial charge in [-0.3, -0.25) is 0 Å². The summed E-state index contributed by atoms with van der Waals surface area (Å²) in [6.07, 6.45) is 3.65. The molecule has 1 fully saturated rings. The van der Waals surface area contributed by atoms with E-state index in [1.807, 2.05) is 11.3 Å². The predicted octanol–water partition coefficient (Wildman–Crippen LogP) is 4.08. The van der Waals surface area contributed by atoms with E-state index in [9.17, 15) is 0 Å². The van der Waals surface area contributed by atoms with Crippen molar-refractivity contribution in [3.8, 4) is 0 Å². The highest BCUT2D eigenvalue weighted by molar-refractivity contribution is 7.15. The first-order valence-electron chi connectivity index (χ1n) is 8.35. The molecule has 0 bridgehead atoms. The molecule has 3 nitrogen and oxygen atoms in total. The van der Waals surface area contributed by atoms with Gasteiger partial charge in [0, 0.05) is 24.5 Å². The second kappa shape index (κ2) is 7.10. The molecule has 2 heterocycles. The van der Waals surface area contributed by atoms with E-state index >= 15 is 0 Å². The zero-order valence-corrected chi connectivity index (χ0v) is 15.1. The molecule has 0 aliphatic carbocycles. The first kappa shape index (κ1) is 16.8. The molecule has 0 radical (unpaired) electrons. The standard InChI is InChI=1S/C17H31N3S/c1-6-14-15(11-18-10-13(2)3)21-16(19-14)20-9-7-8-17(4,5)12-20/h13,18H,6-12H2,1-5H3. The van der Waals surface area contributed by atoms with Gasteiger partial charge in [0.25, 0.3) is 0 Å². The number of aryl methyl sites for hydroxylation is 1. The Bertz CT molecular complexity index is 451. The topological polar surface area (TPSA) is 28.2 Å². The van der Waals surface area contributed by atoms with Crippen molar-refractivity contribution in [3.63, 3.8) is 0 Å². The van der Waals surface area contributed by atoms with E-state index in [1.54, 1.807) is 0 Å². The molecule has 1 aliphatic rings. The maximum Gasteiger partial charge on any atom is 0.185 e. The third kappa shape index (κ3) is 4.68. The van der Waals surface area contributed by atoms with Crippen LogP contribution < -0.4 is 10.2 Å². The van der Waals surface area contributed by atoms with Crippen molar-refractivity contribution < 1.29 is 0 Å². The van der Waals surface area contributed by atoms with Gasteiger partial charge in [-0.05, 0) is 37.1 Å². The van der Waals surface area contributed by atoms with Gasteiger partial charge in [-0.15, -0.1) is 11.3 Å². The van der Waals surface area contributed by atoms with E-state index in [4.69, 9.17) is 4.98 Å². The van der Waals surface area contributed by atoms with Crippen LogP contribution in [0.2, 0.25) is 0 Å². The van der Waals surface area contributed by atoms with Crippen LogP contribution in [0.1, 0.15) is 58.0 Å². The molecule has 0 spiro atoms. The van der Waals surface area contributed by atoms with E-state index in [-0.39, 0.29) is 0 Å². The van der Waals surface area contributed by atoms with Crippen molar-refractivity contribution >= 4 is 16.5 Å². The summed E-state index contributed by atoms with van der Waals surface area (Å²) in [5.74, 6) is 0.699. The molecule has 0 saturated carbocycles. The summed E-state index contributed by atoms with van der Waals surface area (Å²) >= 11 is 1.90. The molecule has 21 heavy (non-hydrogen) atoms. The van der Waals surface area contributed by atoms with Gasteiger partial charge in [0.2, 0.25) is 0 Å². The van der Waals surface area contributed by atoms with E-state index in [0.29, 0.717) is 11.3 Å². The van der Waals surface area contributed by atoms with Gasteiger partial charge in [-0.25, -0.2) is 4.98 Å². The van der Waals surface area contributed by atoms with Crippen LogP contribution in [-0.4, -0.2) is 24.6 Å². The minimum Gasteiger partial charge on any atom is -0.348 e. The number of hydrogen-bond donors (Lipinski definition) is 1. The zero-order chi connectivity index (χ0) is 15.5. The average Bonchev–Trinajstić information content (AvgIpc) is 2.80. The predicted molar refractivity (Wildman–Crippen MR) is 93.3 cm³/mol. The smallest absolute Gasteiger partial charge is 0.185 e. The lowest BCUT2D eigenvalue weighted by atomic mass is 9.84. The van der Waals surface area contributed by atoms with Gasteiger partial charge in [-0.1, -0.05) is 34.6 Å². The molecule has 1 aromatic heterocycles. The zero-order valence-electron chi connectivity index (χ0n) is 14.3. The highest BCUT2D eigenvalue weighted by atomic mass is 32.1. The Hall–Kier alpha value is -0.610. The number of piperidine rings is 1. The van der Waals surface area contributed by atoms with Crippen LogP contribution >= 0.6 is 11.3 Å². The molecule has 1 aromatic rings. The first-order valence-corrected chi connectivity index (χ1v) is 9.17. The molecule has 0 aromatic carbocycles. The number of hydrogen-bond acceptors (Lipinski definition) is 4. The summed E-state index contributed by atoms with van der Waals surface area (Å²) < 4.78 is 0. The molecule has 120 valence electrons. The molecular weight excluding hydrogens is 278 g/mol. The van der Waals surface area contributed by atoms with Gasteiger partial charge in [0.1, 0.15) is 0 Å². The van der Waals surface area contributed by atoms with Gasteiger partial charge in [0.05, 0.1) is 5.69 Å². The molecule has 4 heteroatoms. The fourth-order valence-electron chi connectivity index (χ4n) is 2.98. The fraction of sp³-hybridized carbons (Fsp3) is 0.824. The number of thiazole rings is 1. The van der Waals surface area contributed by atoms with E-state index in [2.05, 4.69) is 44.8 Å². The number of anilines is 1. The van der Waals surface area contributed by atoms with Crippen molar-refractivity contribution in [1.29, 1.82) is 0 Å². The van der Waals surface area contributed by atoms with E-state index in [1.165, 1.54) is 35.1 Å².